The third-order valence-corrected chi connectivity index (χ3v) is 4.81. The molecule has 21 heavy (non-hydrogen) atoms. The van der Waals surface area contributed by atoms with E-state index in [1.165, 1.54) is 0 Å². The molecular formula is C15H19ClN4O. The van der Waals surface area contributed by atoms with Crippen LogP contribution in [-0.4, -0.2) is 29.2 Å². The normalized spacial score (nSPS) is 22.8. The van der Waals surface area contributed by atoms with Crippen molar-refractivity contribution in [3.05, 3.63) is 24.4 Å². The minimum atomic E-state index is 0. The number of aromatic amines is 1. The second-order valence-electron chi connectivity index (χ2n) is 6.03. The van der Waals surface area contributed by atoms with Crippen LogP contribution in [0.3, 0.4) is 0 Å². The van der Waals surface area contributed by atoms with E-state index in [4.69, 9.17) is 0 Å². The second-order valence-corrected chi connectivity index (χ2v) is 6.03. The molecule has 1 spiro atoms. The number of hydrogen-bond donors (Lipinski definition) is 3. The molecule has 1 unspecified atom stereocenters. The summed E-state index contributed by atoms with van der Waals surface area (Å²) >= 11 is 0. The summed E-state index contributed by atoms with van der Waals surface area (Å²) in [6.07, 6.45) is 5.09. The molecule has 0 radical (unpaired) electrons. The molecule has 5 nitrogen and oxygen atoms in total. The first-order chi connectivity index (χ1) is 9.77. The number of anilines is 1. The van der Waals surface area contributed by atoms with Crippen LogP contribution in [0.15, 0.2) is 24.4 Å². The molecule has 1 saturated heterocycles. The van der Waals surface area contributed by atoms with Gasteiger partial charge in [0.05, 0.1) is 11.7 Å². The number of amides is 1. The number of aromatic nitrogens is 2. The number of benzene rings is 1. The molecule has 0 bridgehead atoms. The molecular weight excluding hydrogens is 288 g/mol. The molecule has 1 aliphatic carbocycles. The minimum absolute atomic E-state index is 0. The number of carbonyl (C=O) groups is 1. The number of nitrogens with one attached hydrogen (secondary N) is 3. The van der Waals surface area contributed by atoms with Crippen LogP contribution < -0.4 is 10.6 Å². The number of piperidine rings is 1. The fourth-order valence-electron chi connectivity index (χ4n) is 3.45. The zero-order valence-electron chi connectivity index (χ0n) is 11.7. The van der Waals surface area contributed by atoms with Gasteiger partial charge in [0.1, 0.15) is 0 Å². The Balaban J connectivity index is 0.00000132. The van der Waals surface area contributed by atoms with Gasteiger partial charge in [0.25, 0.3) is 0 Å². The summed E-state index contributed by atoms with van der Waals surface area (Å²) in [4.78, 5) is 12.4. The zero-order chi connectivity index (χ0) is 13.6. The average molecular weight is 307 g/mol. The molecule has 4 rings (SSSR count). The Labute approximate surface area is 129 Å². The first-order valence-electron chi connectivity index (χ1n) is 7.22. The van der Waals surface area contributed by atoms with E-state index in [2.05, 4.69) is 20.8 Å². The van der Waals surface area contributed by atoms with Gasteiger partial charge in [-0.2, -0.15) is 5.10 Å². The lowest BCUT2D eigenvalue weighted by Gasteiger charge is -2.23. The number of fused-ring (bicyclic) bond motifs is 1. The smallest absolute Gasteiger partial charge is 0.228 e. The van der Waals surface area contributed by atoms with Crippen molar-refractivity contribution in [2.45, 2.75) is 19.3 Å². The average Bonchev–Trinajstić information content (AvgIpc) is 2.96. The molecule has 1 amide bonds. The third kappa shape index (κ3) is 2.51. The topological polar surface area (TPSA) is 69.8 Å². The second kappa shape index (κ2) is 5.31. The highest BCUT2D eigenvalue weighted by molar-refractivity contribution is 5.97. The van der Waals surface area contributed by atoms with Crippen molar-refractivity contribution in [3.63, 3.8) is 0 Å². The minimum Gasteiger partial charge on any atom is -0.326 e. The Morgan fingerprint density at radius 2 is 2.14 bits per heavy atom. The van der Waals surface area contributed by atoms with Crippen LogP contribution in [0.4, 0.5) is 5.69 Å². The van der Waals surface area contributed by atoms with Gasteiger partial charge >= 0.3 is 0 Å². The zero-order valence-corrected chi connectivity index (χ0v) is 12.5. The molecule has 1 aromatic carbocycles. The first-order valence-corrected chi connectivity index (χ1v) is 7.22. The van der Waals surface area contributed by atoms with Gasteiger partial charge in [-0.05, 0) is 56.0 Å². The predicted molar refractivity (Wildman–Crippen MR) is 84.6 cm³/mol. The Bertz CT molecular complexity index is 662. The van der Waals surface area contributed by atoms with Crippen LogP contribution in [0.2, 0.25) is 0 Å². The number of carbonyl (C=O) groups excluding carboxylic acids is 1. The Hall–Kier alpha value is -1.59. The fourth-order valence-corrected chi connectivity index (χ4v) is 3.45. The van der Waals surface area contributed by atoms with Crippen LogP contribution in [0.25, 0.3) is 10.9 Å². The van der Waals surface area contributed by atoms with E-state index in [-0.39, 0.29) is 29.6 Å². The molecule has 3 N–H and O–H groups in total. The van der Waals surface area contributed by atoms with Crippen molar-refractivity contribution in [1.82, 2.24) is 15.5 Å². The van der Waals surface area contributed by atoms with Gasteiger partial charge in [0.15, 0.2) is 0 Å². The monoisotopic (exact) mass is 306 g/mol. The van der Waals surface area contributed by atoms with Gasteiger partial charge in [-0.15, -0.1) is 12.4 Å². The van der Waals surface area contributed by atoms with Crippen LogP contribution in [0.1, 0.15) is 19.3 Å². The Morgan fingerprint density at radius 3 is 2.95 bits per heavy atom. The number of H-pyrrole nitrogens is 1. The molecule has 2 aliphatic rings. The van der Waals surface area contributed by atoms with Crippen molar-refractivity contribution < 1.29 is 4.79 Å². The first kappa shape index (κ1) is 14.4. The van der Waals surface area contributed by atoms with Crippen molar-refractivity contribution in [3.8, 4) is 0 Å². The van der Waals surface area contributed by atoms with Crippen LogP contribution in [0, 0.1) is 11.3 Å². The van der Waals surface area contributed by atoms with E-state index >= 15 is 0 Å². The highest BCUT2D eigenvalue weighted by Crippen LogP contribution is 2.58. The molecule has 2 aromatic rings. The summed E-state index contributed by atoms with van der Waals surface area (Å²) in [6.45, 7) is 2.09. The van der Waals surface area contributed by atoms with Crippen LogP contribution in [-0.2, 0) is 4.79 Å². The van der Waals surface area contributed by atoms with E-state index < -0.39 is 0 Å². The van der Waals surface area contributed by atoms with Crippen molar-refractivity contribution in [2.75, 3.05) is 18.4 Å². The number of nitrogens with zero attached hydrogens (tertiary/aromatic N) is 1. The van der Waals surface area contributed by atoms with Gasteiger partial charge in [0, 0.05) is 17.0 Å². The summed E-state index contributed by atoms with van der Waals surface area (Å²) in [6, 6.07) is 5.84. The summed E-state index contributed by atoms with van der Waals surface area (Å²) in [7, 11) is 0. The maximum atomic E-state index is 12.4. The maximum Gasteiger partial charge on any atom is 0.228 e. The maximum absolute atomic E-state index is 12.4. The quantitative estimate of drug-likeness (QED) is 0.797. The van der Waals surface area contributed by atoms with Crippen LogP contribution >= 0.6 is 12.4 Å². The third-order valence-electron chi connectivity index (χ3n) is 4.81. The van der Waals surface area contributed by atoms with Gasteiger partial charge in [-0.25, -0.2) is 0 Å². The molecule has 2 heterocycles. The fraction of sp³-hybridized carbons (Fsp3) is 0.467. The SMILES string of the molecule is Cl.O=C(Nc1ccc2[nH]ncc2c1)C1CC12CCNCC2. The predicted octanol–water partition coefficient (Wildman–Crippen LogP) is 2.31. The number of rotatable bonds is 2. The molecule has 112 valence electrons. The van der Waals surface area contributed by atoms with Crippen molar-refractivity contribution in [2.24, 2.45) is 11.3 Å². The summed E-state index contributed by atoms with van der Waals surface area (Å²) in [5, 5.41) is 14.3. The van der Waals surface area contributed by atoms with E-state index in [0.29, 0.717) is 0 Å². The highest BCUT2D eigenvalue weighted by atomic mass is 35.5. The number of hydrogen-bond acceptors (Lipinski definition) is 3. The van der Waals surface area contributed by atoms with Gasteiger partial charge in [-0.1, -0.05) is 0 Å². The largest absolute Gasteiger partial charge is 0.326 e. The lowest BCUT2D eigenvalue weighted by atomic mass is 9.92. The van der Waals surface area contributed by atoms with E-state index in [0.717, 1.165) is 48.9 Å². The summed E-state index contributed by atoms with van der Waals surface area (Å²) in [5.74, 6) is 0.374. The molecule has 1 atom stereocenters. The van der Waals surface area contributed by atoms with Gasteiger partial charge in [0.2, 0.25) is 5.91 Å². The van der Waals surface area contributed by atoms with Crippen LogP contribution in [0.5, 0.6) is 0 Å². The molecule has 1 saturated carbocycles. The van der Waals surface area contributed by atoms with E-state index in [9.17, 15) is 4.79 Å². The summed E-state index contributed by atoms with van der Waals surface area (Å²) < 4.78 is 0. The highest BCUT2D eigenvalue weighted by Gasteiger charge is 2.57. The van der Waals surface area contributed by atoms with Crippen molar-refractivity contribution in [1.29, 1.82) is 0 Å². The molecule has 1 aliphatic heterocycles. The lowest BCUT2D eigenvalue weighted by Crippen LogP contribution is -2.31. The van der Waals surface area contributed by atoms with Crippen molar-refractivity contribution >= 4 is 34.9 Å². The standard InChI is InChI=1S/C15H18N4O.ClH/c20-14(12-8-15(12)3-5-16-6-4-15)18-11-1-2-13-10(7-11)9-17-19-13;/h1-2,7,9,12,16H,3-6,8H2,(H,17,19)(H,18,20);1H. The molecule has 1 aromatic heterocycles. The Morgan fingerprint density at radius 1 is 1.33 bits per heavy atom. The Kier molecular flexibility index (Phi) is 3.63. The summed E-state index contributed by atoms with van der Waals surface area (Å²) in [5.41, 5.74) is 2.14. The molecule has 6 heteroatoms. The van der Waals surface area contributed by atoms with Gasteiger partial charge < -0.3 is 10.6 Å². The van der Waals surface area contributed by atoms with E-state index in [1.807, 2.05) is 18.2 Å². The van der Waals surface area contributed by atoms with E-state index in [1.54, 1.807) is 6.20 Å². The molecule has 2 fully saturated rings. The number of halogens is 1. The van der Waals surface area contributed by atoms with Gasteiger partial charge in [-0.3, -0.25) is 9.89 Å². The lowest BCUT2D eigenvalue weighted by molar-refractivity contribution is -0.118.